The molecule has 0 saturated heterocycles. The highest BCUT2D eigenvalue weighted by Crippen LogP contribution is 2.18. The van der Waals surface area contributed by atoms with E-state index >= 15 is 0 Å². The van der Waals surface area contributed by atoms with Crippen molar-refractivity contribution in [1.82, 2.24) is 9.97 Å². The van der Waals surface area contributed by atoms with Crippen molar-refractivity contribution in [2.45, 2.75) is 6.42 Å². The molecule has 1 aromatic carbocycles. The second-order valence-electron chi connectivity index (χ2n) is 3.40. The molecule has 0 radical (unpaired) electrons. The summed E-state index contributed by atoms with van der Waals surface area (Å²) < 4.78 is 5.42. The molecule has 0 fully saturated rings. The summed E-state index contributed by atoms with van der Waals surface area (Å²) >= 11 is 5.67. The molecule has 0 aliphatic heterocycles. The van der Waals surface area contributed by atoms with Crippen LogP contribution in [0.3, 0.4) is 0 Å². The van der Waals surface area contributed by atoms with Crippen LogP contribution >= 0.6 is 11.6 Å². The van der Waals surface area contributed by atoms with Crippen LogP contribution in [0.25, 0.3) is 0 Å². The first-order valence-corrected chi connectivity index (χ1v) is 5.51. The lowest BCUT2D eigenvalue weighted by atomic mass is 10.1. The monoisotopic (exact) mass is 250 g/mol. The minimum atomic E-state index is 0.139. The van der Waals surface area contributed by atoms with E-state index in [2.05, 4.69) is 9.97 Å². The molecule has 88 valence electrons. The fraction of sp³-hybridized carbons (Fsp3) is 0.167. The topological polar surface area (TPSA) is 55.2 Å². The van der Waals surface area contributed by atoms with Gasteiger partial charge in [0.2, 0.25) is 0 Å². The average Bonchev–Trinajstić information content (AvgIpc) is 2.35. The second-order valence-corrected chi connectivity index (χ2v) is 3.84. The molecule has 17 heavy (non-hydrogen) atoms. The summed E-state index contributed by atoms with van der Waals surface area (Å²) in [6.07, 6.45) is 3.59. The Morgan fingerprint density at radius 1 is 1.12 bits per heavy atom. The summed E-state index contributed by atoms with van der Waals surface area (Å²) in [6, 6.07) is 7.65. The maximum Gasteiger partial charge on any atom is 0.321 e. The summed E-state index contributed by atoms with van der Waals surface area (Å²) in [5.41, 5.74) is 1.05. The predicted octanol–water partition coefficient (Wildman–Crippen LogP) is 2.46. The number of aliphatic hydroxyl groups excluding tert-OH is 1. The number of hydrogen-bond donors (Lipinski definition) is 1. The van der Waals surface area contributed by atoms with Gasteiger partial charge in [0.25, 0.3) is 0 Å². The zero-order chi connectivity index (χ0) is 12.1. The maximum atomic E-state index is 8.79. The highest BCUT2D eigenvalue weighted by Gasteiger charge is 2.00. The highest BCUT2D eigenvalue weighted by atomic mass is 35.5. The number of aromatic nitrogens is 2. The van der Waals surface area contributed by atoms with Gasteiger partial charge < -0.3 is 9.84 Å². The van der Waals surface area contributed by atoms with Gasteiger partial charge in [-0.15, -0.1) is 0 Å². The zero-order valence-electron chi connectivity index (χ0n) is 9.01. The van der Waals surface area contributed by atoms with Gasteiger partial charge in [0.15, 0.2) is 0 Å². The Kier molecular flexibility index (Phi) is 3.90. The molecule has 0 atom stereocenters. The summed E-state index contributed by atoms with van der Waals surface area (Å²) in [5, 5.41) is 9.25. The summed E-state index contributed by atoms with van der Waals surface area (Å²) in [6.45, 7) is 0.139. The Morgan fingerprint density at radius 3 is 2.35 bits per heavy atom. The molecule has 0 amide bonds. The van der Waals surface area contributed by atoms with Crippen LogP contribution in [0.1, 0.15) is 5.56 Å². The van der Waals surface area contributed by atoms with E-state index in [-0.39, 0.29) is 12.6 Å². The molecule has 1 aromatic heterocycles. The molecule has 2 aromatic rings. The van der Waals surface area contributed by atoms with Gasteiger partial charge in [-0.05, 0) is 24.1 Å². The Labute approximate surface area is 104 Å². The number of nitrogens with zero attached hydrogens (tertiary/aromatic N) is 2. The molecule has 0 aliphatic carbocycles. The lowest BCUT2D eigenvalue weighted by Gasteiger charge is -2.04. The van der Waals surface area contributed by atoms with E-state index in [1.807, 2.05) is 24.3 Å². The number of rotatable bonds is 4. The zero-order valence-corrected chi connectivity index (χ0v) is 9.76. The number of aliphatic hydroxyl groups is 1. The van der Waals surface area contributed by atoms with Crippen molar-refractivity contribution in [2.75, 3.05) is 6.61 Å². The van der Waals surface area contributed by atoms with E-state index in [1.54, 1.807) is 0 Å². The van der Waals surface area contributed by atoms with E-state index in [9.17, 15) is 0 Å². The van der Waals surface area contributed by atoms with Crippen molar-refractivity contribution in [3.63, 3.8) is 0 Å². The number of benzene rings is 1. The summed E-state index contributed by atoms with van der Waals surface area (Å²) in [4.78, 5) is 7.85. The molecule has 4 nitrogen and oxygen atoms in total. The van der Waals surface area contributed by atoms with Gasteiger partial charge in [-0.2, -0.15) is 0 Å². The minimum absolute atomic E-state index is 0.139. The molecule has 0 aliphatic rings. The summed E-state index contributed by atoms with van der Waals surface area (Å²) in [5.74, 6) is 0.647. The Balaban J connectivity index is 2.05. The van der Waals surface area contributed by atoms with E-state index in [0.717, 1.165) is 5.56 Å². The summed E-state index contributed by atoms with van der Waals surface area (Å²) in [7, 11) is 0. The van der Waals surface area contributed by atoms with Gasteiger partial charge in [-0.25, -0.2) is 9.97 Å². The van der Waals surface area contributed by atoms with Crippen LogP contribution in [-0.2, 0) is 6.42 Å². The third-order valence-corrected chi connectivity index (χ3v) is 2.32. The van der Waals surface area contributed by atoms with E-state index in [4.69, 9.17) is 21.4 Å². The van der Waals surface area contributed by atoms with Crippen LogP contribution in [0.15, 0.2) is 36.7 Å². The van der Waals surface area contributed by atoms with E-state index in [0.29, 0.717) is 17.2 Å². The predicted molar refractivity (Wildman–Crippen MR) is 64.3 cm³/mol. The van der Waals surface area contributed by atoms with Crippen molar-refractivity contribution in [3.05, 3.63) is 47.2 Å². The Bertz CT molecular complexity index is 471. The number of hydrogen-bond acceptors (Lipinski definition) is 4. The van der Waals surface area contributed by atoms with Crippen molar-refractivity contribution in [1.29, 1.82) is 0 Å². The lowest BCUT2D eigenvalue weighted by molar-refractivity contribution is 0.299. The van der Waals surface area contributed by atoms with Crippen LogP contribution in [0.4, 0.5) is 0 Å². The molecule has 0 saturated carbocycles. The molecule has 0 spiro atoms. The third kappa shape index (κ3) is 3.41. The fourth-order valence-corrected chi connectivity index (χ4v) is 1.41. The van der Waals surface area contributed by atoms with Gasteiger partial charge in [0.05, 0.1) is 17.4 Å². The number of ether oxygens (including phenoxy) is 1. The van der Waals surface area contributed by atoms with Crippen molar-refractivity contribution < 1.29 is 9.84 Å². The first-order valence-electron chi connectivity index (χ1n) is 5.13. The Hall–Kier alpha value is -1.65. The smallest absolute Gasteiger partial charge is 0.321 e. The average molecular weight is 251 g/mol. The van der Waals surface area contributed by atoms with Crippen LogP contribution < -0.4 is 4.74 Å². The van der Waals surface area contributed by atoms with Crippen molar-refractivity contribution in [2.24, 2.45) is 0 Å². The van der Waals surface area contributed by atoms with Gasteiger partial charge in [-0.1, -0.05) is 23.7 Å². The van der Waals surface area contributed by atoms with Crippen LogP contribution in [0.5, 0.6) is 11.8 Å². The van der Waals surface area contributed by atoms with Gasteiger partial charge >= 0.3 is 6.01 Å². The fourth-order valence-electron chi connectivity index (χ4n) is 1.31. The molecule has 5 heteroatoms. The molecular formula is C12H11ClN2O2. The molecule has 1 N–H and O–H groups in total. The molecule has 1 heterocycles. The van der Waals surface area contributed by atoms with Gasteiger partial charge in [0, 0.05) is 6.61 Å². The van der Waals surface area contributed by atoms with Gasteiger partial charge in [0.1, 0.15) is 5.75 Å². The first kappa shape index (κ1) is 11.8. The third-order valence-electron chi connectivity index (χ3n) is 2.13. The van der Waals surface area contributed by atoms with Crippen LogP contribution in [-0.4, -0.2) is 21.7 Å². The largest absolute Gasteiger partial charge is 0.424 e. The minimum Gasteiger partial charge on any atom is -0.424 e. The van der Waals surface area contributed by atoms with E-state index < -0.39 is 0 Å². The van der Waals surface area contributed by atoms with Crippen LogP contribution in [0.2, 0.25) is 5.02 Å². The van der Waals surface area contributed by atoms with Crippen molar-refractivity contribution >= 4 is 11.6 Å². The van der Waals surface area contributed by atoms with E-state index in [1.165, 1.54) is 12.4 Å². The maximum absolute atomic E-state index is 8.79. The quantitative estimate of drug-likeness (QED) is 0.906. The lowest BCUT2D eigenvalue weighted by Crippen LogP contribution is -1.92. The molecule has 0 unspecified atom stereocenters. The van der Waals surface area contributed by atoms with Crippen LogP contribution in [0, 0.1) is 0 Å². The molecular weight excluding hydrogens is 240 g/mol. The number of halogens is 1. The Morgan fingerprint density at radius 2 is 1.76 bits per heavy atom. The molecule has 2 rings (SSSR count). The second kappa shape index (κ2) is 5.61. The first-order chi connectivity index (χ1) is 8.28. The SMILES string of the molecule is OCCc1ccc(Oc2ncc(Cl)cn2)cc1. The highest BCUT2D eigenvalue weighted by molar-refractivity contribution is 6.30. The van der Waals surface area contributed by atoms with Gasteiger partial charge in [-0.3, -0.25) is 0 Å². The normalized spacial score (nSPS) is 10.2. The molecule has 0 bridgehead atoms. The standard InChI is InChI=1S/C12H11ClN2O2/c13-10-7-14-12(15-8-10)17-11-3-1-9(2-4-11)5-6-16/h1-4,7-8,16H,5-6H2. The van der Waals surface area contributed by atoms with Crippen molar-refractivity contribution in [3.8, 4) is 11.8 Å².